The highest BCUT2D eigenvalue weighted by Gasteiger charge is 2.35. The summed E-state index contributed by atoms with van der Waals surface area (Å²) in [6.07, 6.45) is 0. The van der Waals surface area contributed by atoms with Crippen LogP contribution < -0.4 is 0 Å². The number of carbonyl (C=O) groups is 2. The number of carboxylic acids is 1. The zero-order valence-corrected chi connectivity index (χ0v) is 14.7. The van der Waals surface area contributed by atoms with Gasteiger partial charge >= 0.3 is 5.97 Å². The Morgan fingerprint density at radius 2 is 1.79 bits per heavy atom. The summed E-state index contributed by atoms with van der Waals surface area (Å²) in [6.45, 7) is 7.59. The molecule has 2 rings (SSSR count). The first-order chi connectivity index (χ1) is 11.1. The average molecular weight is 329 g/mol. The van der Waals surface area contributed by atoms with Crippen molar-refractivity contribution in [1.82, 2.24) is 14.7 Å². The molecule has 0 saturated carbocycles. The second-order valence-corrected chi connectivity index (χ2v) is 6.51. The van der Waals surface area contributed by atoms with Crippen LogP contribution in [0.15, 0.2) is 30.3 Å². The largest absolute Gasteiger partial charge is 0.480 e. The van der Waals surface area contributed by atoms with Gasteiger partial charge in [-0.05, 0) is 51.5 Å². The molecule has 2 aromatic rings. The second kappa shape index (κ2) is 6.47. The van der Waals surface area contributed by atoms with E-state index in [-0.39, 0.29) is 5.91 Å². The van der Waals surface area contributed by atoms with Crippen molar-refractivity contribution in [3.05, 3.63) is 52.8 Å². The minimum atomic E-state index is -1.26. The van der Waals surface area contributed by atoms with Gasteiger partial charge < -0.3 is 10.0 Å². The summed E-state index contributed by atoms with van der Waals surface area (Å²) in [5.74, 6) is -1.36. The summed E-state index contributed by atoms with van der Waals surface area (Å²) in [5.41, 5.74) is 2.27. The molecule has 24 heavy (non-hydrogen) atoms. The van der Waals surface area contributed by atoms with E-state index in [2.05, 4.69) is 5.10 Å². The lowest BCUT2D eigenvalue weighted by molar-refractivity contribution is -0.147. The summed E-state index contributed by atoms with van der Waals surface area (Å²) in [4.78, 5) is 25.0. The lowest BCUT2D eigenvalue weighted by atomic mass is 10.0. The number of aryl methyl sites for hydroxylation is 2. The summed E-state index contributed by atoms with van der Waals surface area (Å²) < 4.78 is 1.91. The van der Waals surface area contributed by atoms with Gasteiger partial charge in [-0.1, -0.05) is 12.1 Å². The van der Waals surface area contributed by atoms with Crippen LogP contribution in [0.3, 0.4) is 0 Å². The Bertz CT molecular complexity index is 760. The molecular formula is C18H23N3O3. The number of likely N-dealkylation sites (N-methyl/N-ethyl adjacent to an activating group) is 1. The molecule has 1 amide bonds. The first kappa shape index (κ1) is 17.7. The summed E-state index contributed by atoms with van der Waals surface area (Å²) in [5, 5.41) is 13.7. The third-order valence-electron chi connectivity index (χ3n) is 4.30. The van der Waals surface area contributed by atoms with E-state index in [1.807, 2.05) is 36.7 Å². The van der Waals surface area contributed by atoms with E-state index >= 15 is 0 Å². The standard InChI is InChI=1S/C18H23N3O3/c1-12-10-13(2)21(19-12)11-14-6-8-15(9-7-14)16(22)20(5)18(3,4)17(23)24/h6-10H,11H2,1-5H3,(H,23,24). The minimum absolute atomic E-state index is 0.319. The quantitative estimate of drug-likeness (QED) is 0.914. The first-order valence-electron chi connectivity index (χ1n) is 7.74. The van der Waals surface area contributed by atoms with Crippen molar-refractivity contribution < 1.29 is 14.7 Å². The minimum Gasteiger partial charge on any atom is -0.480 e. The van der Waals surface area contributed by atoms with Crippen molar-refractivity contribution in [3.8, 4) is 0 Å². The second-order valence-electron chi connectivity index (χ2n) is 6.51. The van der Waals surface area contributed by atoms with Gasteiger partial charge in [-0.15, -0.1) is 0 Å². The molecule has 0 aliphatic carbocycles. The van der Waals surface area contributed by atoms with Gasteiger partial charge in [0.05, 0.1) is 12.2 Å². The number of benzene rings is 1. The van der Waals surface area contributed by atoms with Crippen molar-refractivity contribution in [2.24, 2.45) is 0 Å². The zero-order valence-electron chi connectivity index (χ0n) is 14.7. The van der Waals surface area contributed by atoms with Gasteiger partial charge in [0.25, 0.3) is 5.91 Å². The molecule has 1 aromatic carbocycles. The molecule has 0 atom stereocenters. The smallest absolute Gasteiger partial charge is 0.329 e. The molecule has 1 aromatic heterocycles. The van der Waals surface area contributed by atoms with Crippen LogP contribution >= 0.6 is 0 Å². The molecule has 128 valence electrons. The maximum absolute atomic E-state index is 12.5. The Morgan fingerprint density at radius 3 is 2.25 bits per heavy atom. The Morgan fingerprint density at radius 1 is 1.21 bits per heavy atom. The summed E-state index contributed by atoms with van der Waals surface area (Å²) >= 11 is 0. The molecule has 1 heterocycles. The van der Waals surface area contributed by atoms with Crippen molar-refractivity contribution in [2.45, 2.75) is 39.8 Å². The lowest BCUT2D eigenvalue weighted by Gasteiger charge is -2.31. The number of amides is 1. The van der Waals surface area contributed by atoms with Crippen LogP contribution in [0, 0.1) is 13.8 Å². The number of hydrogen-bond acceptors (Lipinski definition) is 3. The van der Waals surface area contributed by atoms with Crippen LogP contribution in [0.2, 0.25) is 0 Å². The zero-order chi connectivity index (χ0) is 18.1. The summed E-state index contributed by atoms with van der Waals surface area (Å²) in [6, 6.07) is 9.19. The van der Waals surface area contributed by atoms with Crippen molar-refractivity contribution in [3.63, 3.8) is 0 Å². The van der Waals surface area contributed by atoms with E-state index < -0.39 is 11.5 Å². The van der Waals surface area contributed by atoms with Crippen molar-refractivity contribution in [2.75, 3.05) is 7.05 Å². The molecule has 0 radical (unpaired) electrons. The van der Waals surface area contributed by atoms with E-state index in [4.69, 9.17) is 0 Å². The van der Waals surface area contributed by atoms with Gasteiger partial charge in [0.15, 0.2) is 0 Å². The fourth-order valence-corrected chi connectivity index (χ4v) is 2.35. The fraction of sp³-hybridized carbons (Fsp3) is 0.389. The molecule has 0 fully saturated rings. The Kier molecular flexibility index (Phi) is 4.78. The van der Waals surface area contributed by atoms with Crippen LogP contribution in [-0.4, -0.2) is 44.3 Å². The van der Waals surface area contributed by atoms with Gasteiger partial charge in [-0.3, -0.25) is 9.48 Å². The molecule has 0 saturated heterocycles. The Hall–Kier alpha value is -2.63. The van der Waals surface area contributed by atoms with Gasteiger partial charge in [0.1, 0.15) is 5.54 Å². The van der Waals surface area contributed by atoms with Gasteiger partial charge in [0.2, 0.25) is 0 Å². The van der Waals surface area contributed by atoms with Gasteiger partial charge in [-0.25, -0.2) is 4.79 Å². The number of aromatic nitrogens is 2. The highest BCUT2D eigenvalue weighted by molar-refractivity contribution is 5.97. The van der Waals surface area contributed by atoms with E-state index in [9.17, 15) is 14.7 Å². The average Bonchev–Trinajstić information content (AvgIpc) is 2.84. The molecule has 0 aliphatic heterocycles. The maximum Gasteiger partial charge on any atom is 0.329 e. The summed E-state index contributed by atoms with van der Waals surface area (Å²) in [7, 11) is 1.50. The number of hydrogen-bond donors (Lipinski definition) is 1. The van der Waals surface area contributed by atoms with Crippen molar-refractivity contribution in [1.29, 1.82) is 0 Å². The van der Waals surface area contributed by atoms with Crippen LogP contribution in [0.4, 0.5) is 0 Å². The highest BCUT2D eigenvalue weighted by Crippen LogP contribution is 2.17. The van der Waals surface area contributed by atoms with Crippen LogP contribution in [0.25, 0.3) is 0 Å². The number of carbonyl (C=O) groups excluding carboxylic acids is 1. The molecular weight excluding hydrogens is 306 g/mol. The highest BCUT2D eigenvalue weighted by atomic mass is 16.4. The van der Waals surface area contributed by atoms with Crippen LogP contribution in [0.5, 0.6) is 0 Å². The molecule has 0 spiro atoms. The predicted octanol–water partition coefficient (Wildman–Crippen LogP) is 2.48. The normalized spacial score (nSPS) is 11.4. The monoisotopic (exact) mass is 329 g/mol. The Balaban J connectivity index is 2.15. The van der Waals surface area contributed by atoms with E-state index in [1.54, 1.807) is 12.1 Å². The first-order valence-corrected chi connectivity index (χ1v) is 7.74. The number of rotatable bonds is 5. The fourth-order valence-electron chi connectivity index (χ4n) is 2.35. The molecule has 0 bridgehead atoms. The SMILES string of the molecule is Cc1cc(C)n(Cc2ccc(C(=O)N(C)C(C)(C)C(=O)O)cc2)n1. The van der Waals surface area contributed by atoms with Crippen LogP contribution in [-0.2, 0) is 11.3 Å². The van der Waals surface area contributed by atoms with E-state index in [1.165, 1.54) is 25.8 Å². The molecule has 6 heteroatoms. The number of aliphatic carboxylic acids is 1. The van der Waals surface area contributed by atoms with Crippen LogP contribution in [0.1, 0.15) is 41.2 Å². The maximum atomic E-state index is 12.5. The van der Waals surface area contributed by atoms with E-state index in [0.717, 1.165) is 17.0 Å². The molecule has 1 N–H and O–H groups in total. The third-order valence-corrected chi connectivity index (χ3v) is 4.30. The van der Waals surface area contributed by atoms with Gasteiger partial charge in [0, 0.05) is 18.3 Å². The van der Waals surface area contributed by atoms with Gasteiger partial charge in [-0.2, -0.15) is 5.10 Å². The lowest BCUT2D eigenvalue weighted by Crippen LogP contribution is -2.50. The topological polar surface area (TPSA) is 75.4 Å². The molecule has 0 unspecified atom stereocenters. The Labute approximate surface area is 141 Å². The number of nitrogens with zero attached hydrogens (tertiary/aromatic N) is 3. The van der Waals surface area contributed by atoms with E-state index in [0.29, 0.717) is 12.1 Å². The van der Waals surface area contributed by atoms with Crippen molar-refractivity contribution >= 4 is 11.9 Å². The molecule has 0 aliphatic rings. The predicted molar refractivity (Wildman–Crippen MR) is 91.1 cm³/mol. The molecule has 6 nitrogen and oxygen atoms in total. The number of carboxylic acid groups (broad SMARTS) is 1. The third kappa shape index (κ3) is 3.48.